The molecule has 1 N–H and O–H groups in total. The Labute approximate surface area is 151 Å². The average Bonchev–Trinajstić information content (AvgIpc) is 2.58. The van der Waals surface area contributed by atoms with E-state index < -0.39 is 0 Å². The Morgan fingerprint density at radius 3 is 2.75 bits per heavy atom. The normalized spacial score (nSPS) is 14.9. The zero-order valence-corrected chi connectivity index (χ0v) is 15.3. The largest absolute Gasteiger partial charge is 0.494 e. The van der Waals surface area contributed by atoms with Crippen LogP contribution in [0.15, 0.2) is 28.7 Å². The summed E-state index contributed by atoms with van der Waals surface area (Å²) in [4.78, 5) is 23.4. The molecule has 1 amide bonds. The van der Waals surface area contributed by atoms with Crippen molar-refractivity contribution < 1.29 is 19.1 Å². The maximum atomic E-state index is 11.7. The van der Waals surface area contributed by atoms with Crippen molar-refractivity contribution in [2.24, 2.45) is 0 Å². The number of hydrogen-bond donors (Lipinski definition) is 1. The zero-order chi connectivity index (χ0) is 17.2. The van der Waals surface area contributed by atoms with Crippen LogP contribution in [0.3, 0.4) is 0 Å². The van der Waals surface area contributed by atoms with Crippen LogP contribution in [0.2, 0.25) is 0 Å². The number of nitrogens with one attached hydrogen (secondary N) is 1. The molecule has 0 unspecified atom stereocenters. The number of carbonyl (C=O) groups excluding carboxylic acids is 2. The second kappa shape index (κ2) is 10.3. The lowest BCUT2D eigenvalue weighted by Gasteiger charge is -2.22. The van der Waals surface area contributed by atoms with E-state index in [9.17, 15) is 9.59 Å². The van der Waals surface area contributed by atoms with Gasteiger partial charge in [0.1, 0.15) is 5.75 Å². The molecule has 0 aromatic heterocycles. The maximum absolute atomic E-state index is 11.7. The number of ether oxygens (including phenoxy) is 2. The Bertz CT molecular complexity index is 544. The highest BCUT2D eigenvalue weighted by atomic mass is 79.9. The van der Waals surface area contributed by atoms with Crippen LogP contribution in [-0.2, 0) is 14.3 Å². The number of amides is 1. The quantitative estimate of drug-likeness (QED) is 0.537. The molecule has 6 heteroatoms. The molecule has 0 radical (unpaired) electrons. The summed E-state index contributed by atoms with van der Waals surface area (Å²) >= 11 is 3.37. The van der Waals surface area contributed by atoms with Gasteiger partial charge in [0.2, 0.25) is 0 Å². The monoisotopic (exact) mass is 397 g/mol. The first-order chi connectivity index (χ1) is 11.6. The highest BCUT2D eigenvalue weighted by molar-refractivity contribution is 9.10. The molecule has 0 bridgehead atoms. The first-order valence-electron chi connectivity index (χ1n) is 8.47. The maximum Gasteiger partial charge on any atom is 0.306 e. The van der Waals surface area contributed by atoms with Gasteiger partial charge in [-0.2, -0.15) is 0 Å². The summed E-state index contributed by atoms with van der Waals surface area (Å²) in [5.41, 5.74) is 0. The Kier molecular flexibility index (Phi) is 8.08. The van der Waals surface area contributed by atoms with Gasteiger partial charge in [-0.25, -0.2) is 0 Å². The zero-order valence-electron chi connectivity index (χ0n) is 13.8. The Morgan fingerprint density at radius 1 is 1.21 bits per heavy atom. The predicted octanol–water partition coefficient (Wildman–Crippen LogP) is 3.60. The fourth-order valence-electron chi connectivity index (χ4n) is 2.70. The van der Waals surface area contributed by atoms with Crippen molar-refractivity contribution >= 4 is 27.8 Å². The van der Waals surface area contributed by atoms with E-state index in [-0.39, 0.29) is 30.9 Å². The molecule has 0 atom stereocenters. The Morgan fingerprint density at radius 2 is 2.00 bits per heavy atom. The summed E-state index contributed by atoms with van der Waals surface area (Å²) in [5.74, 6) is 0.178. The van der Waals surface area contributed by atoms with Gasteiger partial charge in [0.25, 0.3) is 5.91 Å². The molecule has 0 saturated heterocycles. The topological polar surface area (TPSA) is 64.6 Å². The molecule has 1 aliphatic rings. The summed E-state index contributed by atoms with van der Waals surface area (Å²) in [6.45, 7) is 0.238. The van der Waals surface area contributed by atoms with E-state index >= 15 is 0 Å². The second-order valence-electron chi connectivity index (χ2n) is 5.97. The van der Waals surface area contributed by atoms with Crippen LogP contribution in [0.25, 0.3) is 0 Å². The minimum atomic E-state index is -0.369. The predicted molar refractivity (Wildman–Crippen MR) is 94.8 cm³/mol. The average molecular weight is 398 g/mol. The molecule has 1 aliphatic carbocycles. The number of benzene rings is 1. The minimum Gasteiger partial charge on any atom is -0.494 e. The van der Waals surface area contributed by atoms with Crippen molar-refractivity contribution in [3.8, 4) is 5.75 Å². The summed E-state index contributed by atoms with van der Waals surface area (Å²) < 4.78 is 11.5. The molecule has 132 valence electrons. The van der Waals surface area contributed by atoms with Gasteiger partial charge in [-0.3, -0.25) is 9.59 Å². The van der Waals surface area contributed by atoms with Gasteiger partial charge >= 0.3 is 5.97 Å². The molecule has 0 spiro atoms. The molecule has 2 rings (SSSR count). The van der Waals surface area contributed by atoms with Gasteiger partial charge < -0.3 is 14.8 Å². The van der Waals surface area contributed by atoms with Crippen LogP contribution < -0.4 is 10.1 Å². The van der Waals surface area contributed by atoms with Gasteiger partial charge in [-0.1, -0.05) is 41.3 Å². The van der Waals surface area contributed by atoms with E-state index in [1.165, 1.54) is 6.42 Å². The van der Waals surface area contributed by atoms with Crippen molar-refractivity contribution in [1.82, 2.24) is 5.32 Å². The molecular weight excluding hydrogens is 374 g/mol. The first kappa shape index (κ1) is 18.8. The third-order valence-electron chi connectivity index (χ3n) is 3.92. The molecule has 1 aromatic rings. The standard InChI is InChI=1S/C18H24BrNO4/c19-14-6-4-9-16(12-14)23-11-5-10-18(22)24-13-17(21)20-15-7-2-1-3-8-15/h4,6,9,12,15H,1-3,5,7-8,10-11,13H2,(H,20,21). The van der Waals surface area contributed by atoms with Crippen molar-refractivity contribution in [3.05, 3.63) is 28.7 Å². The van der Waals surface area contributed by atoms with E-state index in [0.717, 1.165) is 35.9 Å². The lowest BCUT2D eigenvalue weighted by atomic mass is 9.95. The van der Waals surface area contributed by atoms with Crippen molar-refractivity contribution in [3.63, 3.8) is 0 Å². The van der Waals surface area contributed by atoms with Crippen LogP contribution in [0.4, 0.5) is 0 Å². The molecule has 5 nitrogen and oxygen atoms in total. The highest BCUT2D eigenvalue weighted by Gasteiger charge is 2.16. The lowest BCUT2D eigenvalue weighted by Crippen LogP contribution is -2.38. The lowest BCUT2D eigenvalue weighted by molar-refractivity contribution is -0.149. The number of carbonyl (C=O) groups is 2. The van der Waals surface area contributed by atoms with Crippen LogP contribution in [-0.4, -0.2) is 31.1 Å². The van der Waals surface area contributed by atoms with Crippen LogP contribution in [0.5, 0.6) is 5.75 Å². The minimum absolute atomic E-state index is 0.193. The van der Waals surface area contributed by atoms with E-state index in [0.29, 0.717) is 13.0 Å². The molecule has 1 fully saturated rings. The van der Waals surface area contributed by atoms with E-state index in [1.807, 2.05) is 24.3 Å². The molecule has 1 aromatic carbocycles. The second-order valence-corrected chi connectivity index (χ2v) is 6.89. The van der Waals surface area contributed by atoms with Gasteiger partial charge in [0.15, 0.2) is 6.61 Å². The van der Waals surface area contributed by atoms with Crippen LogP contribution >= 0.6 is 15.9 Å². The highest BCUT2D eigenvalue weighted by Crippen LogP contribution is 2.18. The first-order valence-corrected chi connectivity index (χ1v) is 9.26. The number of esters is 1. The molecular formula is C18H24BrNO4. The molecule has 0 aliphatic heterocycles. The summed E-state index contributed by atoms with van der Waals surface area (Å²) in [6.07, 6.45) is 6.38. The third-order valence-corrected chi connectivity index (χ3v) is 4.42. The molecule has 1 saturated carbocycles. The SMILES string of the molecule is O=C(COC(=O)CCCOc1cccc(Br)c1)NC1CCCCC1. The van der Waals surface area contributed by atoms with E-state index in [2.05, 4.69) is 21.2 Å². The Hall–Kier alpha value is -1.56. The van der Waals surface area contributed by atoms with Crippen molar-refractivity contribution in [2.75, 3.05) is 13.2 Å². The van der Waals surface area contributed by atoms with Gasteiger partial charge in [-0.15, -0.1) is 0 Å². The molecule has 0 heterocycles. The van der Waals surface area contributed by atoms with Crippen molar-refractivity contribution in [1.29, 1.82) is 0 Å². The van der Waals surface area contributed by atoms with Gasteiger partial charge in [0.05, 0.1) is 6.61 Å². The van der Waals surface area contributed by atoms with Crippen molar-refractivity contribution in [2.45, 2.75) is 51.0 Å². The Balaban J connectivity index is 1.53. The third kappa shape index (κ3) is 7.34. The molecule has 24 heavy (non-hydrogen) atoms. The smallest absolute Gasteiger partial charge is 0.306 e. The van der Waals surface area contributed by atoms with Crippen LogP contribution in [0.1, 0.15) is 44.9 Å². The number of hydrogen-bond acceptors (Lipinski definition) is 4. The van der Waals surface area contributed by atoms with Gasteiger partial charge in [-0.05, 0) is 37.5 Å². The fourth-order valence-corrected chi connectivity index (χ4v) is 3.08. The number of halogens is 1. The summed E-state index contributed by atoms with van der Waals surface area (Å²) in [5, 5.41) is 2.92. The van der Waals surface area contributed by atoms with E-state index in [1.54, 1.807) is 0 Å². The number of rotatable bonds is 8. The summed E-state index contributed by atoms with van der Waals surface area (Å²) in [6, 6.07) is 7.77. The van der Waals surface area contributed by atoms with Gasteiger partial charge in [0, 0.05) is 16.9 Å². The van der Waals surface area contributed by atoms with E-state index in [4.69, 9.17) is 9.47 Å². The fraction of sp³-hybridized carbons (Fsp3) is 0.556. The van der Waals surface area contributed by atoms with Crippen LogP contribution in [0, 0.1) is 0 Å². The summed E-state index contributed by atoms with van der Waals surface area (Å²) in [7, 11) is 0.